The average Bonchev–Trinajstić information content (AvgIpc) is 2.15. The highest BCUT2D eigenvalue weighted by atomic mass is 79.9. The molecular formula is C11H15Br2NOS. The fourth-order valence-electron chi connectivity index (χ4n) is 1.14. The van der Waals surface area contributed by atoms with E-state index in [4.69, 9.17) is 0 Å². The van der Waals surface area contributed by atoms with Crippen LogP contribution in [0.5, 0.6) is 0 Å². The first kappa shape index (κ1) is 14.5. The van der Waals surface area contributed by atoms with Crippen molar-refractivity contribution in [3.05, 3.63) is 28.2 Å². The van der Waals surface area contributed by atoms with Crippen LogP contribution in [0.2, 0.25) is 0 Å². The summed E-state index contributed by atoms with van der Waals surface area (Å²) in [5.41, 5.74) is 0.870. The first-order valence-corrected chi connectivity index (χ1v) is 7.94. The van der Waals surface area contributed by atoms with Crippen molar-refractivity contribution >= 4 is 43.2 Å². The molecule has 0 saturated carbocycles. The first-order valence-electron chi connectivity index (χ1n) is 4.87. The molecule has 0 saturated heterocycles. The topological polar surface area (TPSA) is 35.1 Å². The van der Waals surface area contributed by atoms with Gasteiger partial charge < -0.3 is 4.55 Å². The molecule has 0 spiro atoms. The van der Waals surface area contributed by atoms with Crippen LogP contribution < -0.4 is 4.72 Å². The van der Waals surface area contributed by atoms with Gasteiger partial charge in [-0.2, -0.15) is 0 Å². The number of hydrogen-bond acceptors (Lipinski definition) is 2. The molecule has 1 N–H and O–H groups in total. The molecule has 0 aliphatic heterocycles. The quantitative estimate of drug-likeness (QED) is 0.651. The molecule has 2 nitrogen and oxygen atoms in total. The van der Waals surface area contributed by atoms with Gasteiger partial charge in [-0.3, -0.25) is 0 Å². The highest BCUT2D eigenvalue weighted by Crippen LogP contribution is 2.24. The fraction of sp³-hybridized carbons (Fsp3) is 0.455. The van der Waals surface area contributed by atoms with Crippen molar-refractivity contribution in [3.63, 3.8) is 0 Å². The van der Waals surface area contributed by atoms with E-state index in [1.165, 1.54) is 0 Å². The minimum Gasteiger partial charge on any atom is -0.593 e. The zero-order chi connectivity index (χ0) is 12.3. The summed E-state index contributed by atoms with van der Waals surface area (Å²) in [5.74, 6) is 0. The van der Waals surface area contributed by atoms with Gasteiger partial charge in [0.15, 0.2) is 4.90 Å². The summed E-state index contributed by atoms with van der Waals surface area (Å²) in [6.45, 7) is 5.99. The number of benzene rings is 1. The van der Waals surface area contributed by atoms with Crippen LogP contribution in [-0.4, -0.2) is 10.1 Å². The standard InChI is InChI=1S/C11H15Br2NOS/c1-11(2,3)14-16(15)10-6-9(13)5-4-8(10)7-12/h4-6,14H,7H2,1-3H3. The smallest absolute Gasteiger partial charge is 0.179 e. The van der Waals surface area contributed by atoms with Crippen molar-refractivity contribution in [3.8, 4) is 0 Å². The van der Waals surface area contributed by atoms with Gasteiger partial charge in [-0.25, -0.2) is 0 Å². The zero-order valence-electron chi connectivity index (χ0n) is 9.51. The van der Waals surface area contributed by atoms with E-state index in [9.17, 15) is 4.55 Å². The molecule has 90 valence electrons. The summed E-state index contributed by atoms with van der Waals surface area (Å²) in [6.07, 6.45) is 0. The van der Waals surface area contributed by atoms with Gasteiger partial charge in [-0.15, -0.1) is 4.72 Å². The monoisotopic (exact) mass is 367 g/mol. The Morgan fingerprint density at radius 3 is 2.50 bits per heavy atom. The van der Waals surface area contributed by atoms with Crippen LogP contribution in [0.15, 0.2) is 27.6 Å². The number of nitrogens with one attached hydrogen (secondary N) is 1. The van der Waals surface area contributed by atoms with Crippen molar-refractivity contribution < 1.29 is 4.55 Å². The van der Waals surface area contributed by atoms with E-state index in [0.29, 0.717) is 5.33 Å². The minimum absolute atomic E-state index is 0.170. The molecule has 1 rings (SSSR count). The second-order valence-electron chi connectivity index (χ2n) is 4.51. The normalized spacial score (nSPS) is 13.9. The van der Waals surface area contributed by atoms with Crippen molar-refractivity contribution in [1.82, 2.24) is 4.72 Å². The molecule has 0 heterocycles. The van der Waals surface area contributed by atoms with Crippen molar-refractivity contribution in [2.45, 2.75) is 36.5 Å². The molecule has 0 aliphatic rings. The predicted octanol–water partition coefficient (Wildman–Crippen LogP) is 3.75. The second-order valence-corrected chi connectivity index (χ2v) is 7.16. The van der Waals surface area contributed by atoms with E-state index < -0.39 is 11.4 Å². The van der Waals surface area contributed by atoms with Crippen LogP contribution in [0, 0.1) is 0 Å². The molecule has 1 aromatic carbocycles. The Morgan fingerprint density at radius 1 is 1.38 bits per heavy atom. The molecule has 1 unspecified atom stereocenters. The summed E-state index contributed by atoms with van der Waals surface area (Å²) in [5, 5.41) is 0.702. The fourth-order valence-corrected chi connectivity index (χ4v) is 3.61. The Morgan fingerprint density at radius 2 is 2.00 bits per heavy atom. The summed E-state index contributed by atoms with van der Waals surface area (Å²) in [7, 11) is 0. The zero-order valence-corrected chi connectivity index (χ0v) is 13.5. The maximum Gasteiger partial charge on any atom is 0.179 e. The van der Waals surface area contributed by atoms with Crippen LogP contribution in [0.25, 0.3) is 0 Å². The Kier molecular flexibility index (Phi) is 5.32. The number of halogens is 2. The molecule has 0 amide bonds. The third-order valence-corrected chi connectivity index (χ3v) is 4.45. The highest BCUT2D eigenvalue weighted by molar-refractivity contribution is 9.10. The van der Waals surface area contributed by atoms with Gasteiger partial charge in [0.2, 0.25) is 0 Å². The van der Waals surface area contributed by atoms with E-state index in [-0.39, 0.29) is 5.54 Å². The SMILES string of the molecule is CC(C)(C)N[S+]([O-])c1cc(Br)ccc1CBr. The molecule has 16 heavy (non-hydrogen) atoms. The number of rotatable bonds is 3. The van der Waals surface area contributed by atoms with Gasteiger partial charge in [0.05, 0.1) is 16.9 Å². The van der Waals surface area contributed by atoms with Gasteiger partial charge in [-0.1, -0.05) is 37.9 Å². The maximum atomic E-state index is 12.2. The lowest BCUT2D eigenvalue weighted by Crippen LogP contribution is -2.40. The van der Waals surface area contributed by atoms with Gasteiger partial charge in [0, 0.05) is 21.4 Å². The second kappa shape index (κ2) is 5.87. The molecule has 1 atom stereocenters. The van der Waals surface area contributed by atoms with Gasteiger partial charge in [0.1, 0.15) is 0 Å². The van der Waals surface area contributed by atoms with E-state index >= 15 is 0 Å². The van der Waals surface area contributed by atoms with Crippen LogP contribution in [0.1, 0.15) is 26.3 Å². The molecule has 5 heteroatoms. The molecular weight excluding hydrogens is 354 g/mol. The van der Waals surface area contributed by atoms with E-state index in [0.717, 1.165) is 14.9 Å². The van der Waals surface area contributed by atoms with Crippen LogP contribution in [0.3, 0.4) is 0 Å². The minimum atomic E-state index is -1.18. The van der Waals surface area contributed by atoms with E-state index in [1.54, 1.807) is 0 Å². The summed E-state index contributed by atoms with van der Waals surface area (Å²) < 4.78 is 16.2. The lowest BCUT2D eigenvalue weighted by Gasteiger charge is -2.22. The Bertz CT molecular complexity index is 365. The van der Waals surface area contributed by atoms with Gasteiger partial charge >= 0.3 is 0 Å². The lowest BCUT2D eigenvalue weighted by atomic mass is 10.1. The van der Waals surface area contributed by atoms with Crippen molar-refractivity contribution in [2.24, 2.45) is 0 Å². The molecule has 0 aromatic heterocycles. The summed E-state index contributed by atoms with van der Waals surface area (Å²) >= 11 is 5.61. The molecule has 1 aromatic rings. The third-order valence-electron chi connectivity index (χ3n) is 1.77. The Balaban J connectivity index is 2.97. The van der Waals surface area contributed by atoms with Crippen molar-refractivity contribution in [1.29, 1.82) is 0 Å². The number of alkyl halides is 1. The summed E-state index contributed by atoms with van der Waals surface area (Å²) in [6, 6.07) is 5.82. The van der Waals surface area contributed by atoms with Crippen LogP contribution >= 0.6 is 31.9 Å². The van der Waals surface area contributed by atoms with E-state index in [1.807, 2.05) is 39.0 Å². The maximum absolute atomic E-state index is 12.2. The first-order chi connectivity index (χ1) is 7.33. The Hall–Kier alpha value is 0.450. The Labute approximate surface area is 117 Å². The van der Waals surface area contributed by atoms with Crippen molar-refractivity contribution in [2.75, 3.05) is 0 Å². The predicted molar refractivity (Wildman–Crippen MR) is 76.1 cm³/mol. The molecule has 0 aliphatic carbocycles. The molecule has 0 fully saturated rings. The third kappa shape index (κ3) is 4.37. The largest absolute Gasteiger partial charge is 0.593 e. The number of hydrogen-bond donors (Lipinski definition) is 1. The lowest BCUT2D eigenvalue weighted by molar-refractivity contribution is 0.490. The van der Waals surface area contributed by atoms with E-state index in [2.05, 4.69) is 36.6 Å². The summed E-state index contributed by atoms with van der Waals surface area (Å²) in [4.78, 5) is 0.821. The highest BCUT2D eigenvalue weighted by Gasteiger charge is 2.23. The average molecular weight is 369 g/mol. The molecule has 0 bridgehead atoms. The van der Waals surface area contributed by atoms with Crippen LogP contribution in [0.4, 0.5) is 0 Å². The van der Waals surface area contributed by atoms with Crippen LogP contribution in [-0.2, 0) is 16.7 Å². The van der Waals surface area contributed by atoms with Gasteiger partial charge in [-0.05, 0) is 26.8 Å². The molecule has 0 radical (unpaired) electrons. The van der Waals surface area contributed by atoms with Gasteiger partial charge in [0.25, 0.3) is 0 Å².